The molecule has 0 saturated carbocycles. The Morgan fingerprint density at radius 1 is 1.05 bits per heavy atom. The van der Waals surface area contributed by atoms with Gasteiger partial charge in [-0.1, -0.05) is 57.2 Å². The van der Waals surface area contributed by atoms with E-state index in [4.69, 9.17) is 0 Å². The van der Waals surface area contributed by atoms with Crippen LogP contribution in [0.4, 0.5) is 0 Å². The maximum Gasteiger partial charge on any atom is 0.124 e. The van der Waals surface area contributed by atoms with E-state index in [1.165, 1.54) is 11.1 Å². The van der Waals surface area contributed by atoms with Gasteiger partial charge in [0.15, 0.2) is 0 Å². The molecule has 0 saturated heterocycles. The van der Waals surface area contributed by atoms with Gasteiger partial charge < -0.3 is 5.11 Å². The fourth-order valence-electron chi connectivity index (χ4n) is 2.13. The predicted molar refractivity (Wildman–Crippen MR) is 89.3 cm³/mol. The topological polar surface area (TPSA) is 32.6 Å². The fraction of sp³-hybridized carbons (Fsp3) is 0.316. The van der Waals surface area contributed by atoms with Crippen LogP contribution in [0.15, 0.2) is 53.5 Å². The van der Waals surface area contributed by atoms with Crippen molar-refractivity contribution in [2.24, 2.45) is 4.99 Å². The van der Waals surface area contributed by atoms with Crippen molar-refractivity contribution in [2.75, 3.05) is 0 Å². The Morgan fingerprint density at radius 2 is 1.71 bits per heavy atom. The third kappa shape index (κ3) is 3.94. The van der Waals surface area contributed by atoms with E-state index in [0.717, 1.165) is 5.56 Å². The Kier molecular flexibility index (Phi) is 4.46. The van der Waals surface area contributed by atoms with Crippen LogP contribution in [0.3, 0.4) is 0 Å². The van der Waals surface area contributed by atoms with Crippen molar-refractivity contribution in [3.05, 3.63) is 65.2 Å². The van der Waals surface area contributed by atoms with Gasteiger partial charge in [-0.15, -0.1) is 0 Å². The Hall–Kier alpha value is -2.09. The zero-order valence-corrected chi connectivity index (χ0v) is 13.2. The average molecular weight is 281 g/mol. The minimum atomic E-state index is 0.0569. The van der Waals surface area contributed by atoms with Crippen LogP contribution in [-0.4, -0.2) is 11.3 Å². The summed E-state index contributed by atoms with van der Waals surface area (Å²) in [6.45, 7) is 8.53. The summed E-state index contributed by atoms with van der Waals surface area (Å²) in [5.41, 5.74) is 3.18. The second kappa shape index (κ2) is 6.13. The molecule has 0 fully saturated rings. The summed E-state index contributed by atoms with van der Waals surface area (Å²) in [5, 5.41) is 9.99. The van der Waals surface area contributed by atoms with Gasteiger partial charge in [0.2, 0.25) is 0 Å². The summed E-state index contributed by atoms with van der Waals surface area (Å²) >= 11 is 0. The van der Waals surface area contributed by atoms with E-state index >= 15 is 0 Å². The summed E-state index contributed by atoms with van der Waals surface area (Å²) in [4.78, 5) is 4.56. The number of hydrogen-bond acceptors (Lipinski definition) is 2. The lowest BCUT2D eigenvalue weighted by Crippen LogP contribution is -2.11. The molecular formula is C19H23NO. The minimum Gasteiger partial charge on any atom is -0.507 e. The first-order valence-electron chi connectivity index (χ1n) is 7.29. The Labute approximate surface area is 127 Å². The molecule has 2 heteroatoms. The lowest BCUT2D eigenvalue weighted by Gasteiger charge is -2.19. The highest BCUT2D eigenvalue weighted by Gasteiger charge is 2.14. The molecule has 0 aromatic heterocycles. The van der Waals surface area contributed by atoms with Crippen LogP contribution in [0.25, 0.3) is 0 Å². The first-order chi connectivity index (χ1) is 9.88. The molecule has 0 heterocycles. The molecule has 0 unspecified atom stereocenters. The molecule has 0 bridgehead atoms. The van der Waals surface area contributed by atoms with Crippen molar-refractivity contribution < 1.29 is 5.11 Å². The third-order valence-electron chi connectivity index (χ3n) is 3.61. The molecule has 2 rings (SSSR count). The van der Waals surface area contributed by atoms with Gasteiger partial charge >= 0.3 is 0 Å². The Balaban J connectivity index is 2.25. The molecule has 1 atom stereocenters. The van der Waals surface area contributed by atoms with Crippen molar-refractivity contribution >= 4 is 6.21 Å². The molecular weight excluding hydrogens is 258 g/mol. The number of rotatable bonds is 3. The van der Waals surface area contributed by atoms with Crippen molar-refractivity contribution in [1.82, 2.24) is 0 Å². The lowest BCUT2D eigenvalue weighted by molar-refractivity contribution is 0.473. The first kappa shape index (κ1) is 15.3. The van der Waals surface area contributed by atoms with Crippen LogP contribution in [0.2, 0.25) is 0 Å². The second-order valence-corrected chi connectivity index (χ2v) is 6.39. The van der Waals surface area contributed by atoms with E-state index in [-0.39, 0.29) is 17.2 Å². The van der Waals surface area contributed by atoms with Crippen molar-refractivity contribution in [1.29, 1.82) is 0 Å². The summed E-state index contributed by atoms with van der Waals surface area (Å²) in [7, 11) is 0. The molecule has 2 nitrogen and oxygen atoms in total. The second-order valence-electron chi connectivity index (χ2n) is 6.39. The molecule has 110 valence electrons. The molecule has 0 amide bonds. The van der Waals surface area contributed by atoms with Gasteiger partial charge in [0.1, 0.15) is 5.75 Å². The SMILES string of the molecule is C[C@H](N=Cc1cc(C(C)(C)C)ccc1O)c1ccccc1. The van der Waals surface area contributed by atoms with Crippen LogP contribution in [0, 0.1) is 0 Å². The predicted octanol–water partition coefficient (Wildman–Crippen LogP) is 4.87. The number of nitrogens with zero attached hydrogens (tertiary/aromatic N) is 1. The molecule has 2 aromatic carbocycles. The number of phenols is 1. The monoisotopic (exact) mass is 281 g/mol. The molecule has 2 aromatic rings. The quantitative estimate of drug-likeness (QED) is 0.800. The van der Waals surface area contributed by atoms with Gasteiger partial charge in [-0.3, -0.25) is 4.99 Å². The highest BCUT2D eigenvalue weighted by molar-refractivity contribution is 5.84. The minimum absolute atomic E-state index is 0.0569. The lowest BCUT2D eigenvalue weighted by atomic mass is 9.86. The number of aromatic hydroxyl groups is 1. The van der Waals surface area contributed by atoms with Crippen LogP contribution < -0.4 is 0 Å². The normalized spacial score (nSPS) is 13.5. The maximum absolute atomic E-state index is 9.99. The molecule has 21 heavy (non-hydrogen) atoms. The van der Waals surface area contributed by atoms with Gasteiger partial charge in [-0.2, -0.15) is 0 Å². The molecule has 0 aliphatic carbocycles. The van der Waals surface area contributed by atoms with Crippen LogP contribution in [-0.2, 0) is 5.41 Å². The zero-order valence-electron chi connectivity index (χ0n) is 13.2. The van der Waals surface area contributed by atoms with E-state index in [1.54, 1.807) is 12.3 Å². The van der Waals surface area contributed by atoms with E-state index in [0.29, 0.717) is 0 Å². The van der Waals surface area contributed by atoms with Crippen molar-refractivity contribution in [3.63, 3.8) is 0 Å². The van der Waals surface area contributed by atoms with Gasteiger partial charge in [-0.05, 0) is 35.6 Å². The van der Waals surface area contributed by atoms with E-state index in [9.17, 15) is 5.11 Å². The molecule has 1 N–H and O–H groups in total. The summed E-state index contributed by atoms with van der Waals surface area (Å²) in [6, 6.07) is 15.9. The van der Waals surface area contributed by atoms with E-state index in [2.05, 4.69) is 44.8 Å². The van der Waals surface area contributed by atoms with Crippen molar-refractivity contribution in [3.8, 4) is 5.75 Å². The highest BCUT2D eigenvalue weighted by atomic mass is 16.3. The van der Waals surface area contributed by atoms with Crippen LogP contribution >= 0.6 is 0 Å². The number of phenolic OH excluding ortho intramolecular Hbond substituents is 1. The van der Waals surface area contributed by atoms with Gasteiger partial charge in [0.25, 0.3) is 0 Å². The average Bonchev–Trinajstić information content (AvgIpc) is 2.45. The smallest absolute Gasteiger partial charge is 0.124 e. The molecule has 0 spiro atoms. The molecule has 0 aliphatic heterocycles. The number of hydrogen-bond donors (Lipinski definition) is 1. The van der Waals surface area contributed by atoms with Crippen LogP contribution in [0.1, 0.15) is 50.4 Å². The summed E-state index contributed by atoms with van der Waals surface area (Å²) in [6.07, 6.45) is 1.77. The Morgan fingerprint density at radius 3 is 2.33 bits per heavy atom. The third-order valence-corrected chi connectivity index (χ3v) is 3.61. The fourth-order valence-corrected chi connectivity index (χ4v) is 2.13. The van der Waals surface area contributed by atoms with Gasteiger partial charge in [0, 0.05) is 11.8 Å². The molecule has 0 aliphatic rings. The Bertz CT molecular complexity index is 624. The standard InChI is InChI=1S/C19H23NO/c1-14(15-8-6-5-7-9-15)20-13-16-12-17(19(2,3)4)10-11-18(16)21/h5-14,21H,1-4H3/t14-/m0/s1. The highest BCUT2D eigenvalue weighted by Crippen LogP contribution is 2.27. The van der Waals surface area contributed by atoms with Gasteiger partial charge in [-0.25, -0.2) is 0 Å². The largest absolute Gasteiger partial charge is 0.507 e. The van der Waals surface area contributed by atoms with Crippen LogP contribution in [0.5, 0.6) is 5.75 Å². The first-order valence-corrected chi connectivity index (χ1v) is 7.29. The number of aliphatic imine (C=N–C) groups is 1. The van der Waals surface area contributed by atoms with E-state index in [1.807, 2.05) is 30.3 Å². The van der Waals surface area contributed by atoms with Gasteiger partial charge in [0.05, 0.1) is 6.04 Å². The maximum atomic E-state index is 9.99. The summed E-state index contributed by atoms with van der Waals surface area (Å²) < 4.78 is 0. The van der Waals surface area contributed by atoms with Crippen molar-refractivity contribution in [2.45, 2.75) is 39.2 Å². The molecule has 0 radical (unpaired) electrons. The zero-order chi connectivity index (χ0) is 15.5. The van der Waals surface area contributed by atoms with E-state index < -0.39 is 0 Å². The summed E-state index contributed by atoms with van der Waals surface area (Å²) in [5.74, 6) is 0.270. The number of benzene rings is 2.